The Morgan fingerprint density at radius 2 is 2.22 bits per heavy atom. The summed E-state index contributed by atoms with van der Waals surface area (Å²) in [6, 6.07) is 5.64. The van der Waals surface area contributed by atoms with Crippen molar-refractivity contribution in [3.05, 3.63) is 47.4 Å². The van der Waals surface area contributed by atoms with Crippen molar-refractivity contribution >= 4 is 11.9 Å². The topological polar surface area (TPSA) is 57.9 Å². The van der Waals surface area contributed by atoms with Crippen LogP contribution in [0.25, 0.3) is 6.08 Å². The molecule has 2 aromatic rings. The van der Waals surface area contributed by atoms with Crippen molar-refractivity contribution in [2.75, 3.05) is 34.5 Å². The fraction of sp³-hybridized carbons (Fsp3) is 0.381. The third-order valence-corrected chi connectivity index (χ3v) is 5.45. The van der Waals surface area contributed by atoms with Gasteiger partial charge in [0, 0.05) is 6.42 Å². The van der Waals surface area contributed by atoms with Crippen LogP contribution < -0.4 is 14.2 Å². The monoisotopic (exact) mass is 370 g/mol. The number of carbonyl (C=O) groups is 1. The van der Waals surface area contributed by atoms with E-state index in [1.165, 1.54) is 5.56 Å². The molecule has 0 N–H and O–H groups in total. The van der Waals surface area contributed by atoms with E-state index in [4.69, 9.17) is 18.6 Å². The van der Waals surface area contributed by atoms with Crippen LogP contribution in [-0.4, -0.2) is 44.8 Å². The van der Waals surface area contributed by atoms with Gasteiger partial charge in [0.25, 0.3) is 0 Å². The molecular formula is C21H24NO5+. The van der Waals surface area contributed by atoms with Crippen LogP contribution in [0.15, 0.2) is 35.0 Å². The minimum Gasteiger partial charge on any atom is -0.492 e. The van der Waals surface area contributed by atoms with E-state index in [1.54, 1.807) is 31.6 Å². The van der Waals surface area contributed by atoms with Crippen molar-refractivity contribution in [1.82, 2.24) is 0 Å². The van der Waals surface area contributed by atoms with Crippen LogP contribution in [0.2, 0.25) is 0 Å². The van der Waals surface area contributed by atoms with Crippen molar-refractivity contribution in [3.63, 3.8) is 0 Å². The first kappa shape index (κ1) is 17.7. The number of nitrogens with zero attached hydrogens (tertiary/aromatic N) is 1. The average molecular weight is 370 g/mol. The molecular weight excluding hydrogens is 346 g/mol. The van der Waals surface area contributed by atoms with Gasteiger partial charge >= 0.3 is 0 Å². The standard InChI is InChI=1S/C21H24NO5/c1-22(2)9-8-14-11-18-20(27-13-26-18)21(24-3)19(14)17(22)12-15(23)6-7-16-5-4-10-25-16/h4-7,10-11,17H,8-9,12-13H2,1-3H3/q+1/b7-6+. The van der Waals surface area contributed by atoms with Gasteiger partial charge in [0.1, 0.15) is 11.8 Å². The van der Waals surface area contributed by atoms with Crippen molar-refractivity contribution in [3.8, 4) is 17.2 Å². The summed E-state index contributed by atoms with van der Waals surface area (Å²) < 4.78 is 22.9. The highest BCUT2D eigenvalue weighted by atomic mass is 16.7. The second-order valence-corrected chi connectivity index (χ2v) is 7.50. The zero-order chi connectivity index (χ0) is 19.0. The minimum absolute atomic E-state index is 0.0213. The summed E-state index contributed by atoms with van der Waals surface area (Å²) in [5.74, 6) is 2.78. The smallest absolute Gasteiger partial charge is 0.231 e. The number of carbonyl (C=O) groups excluding carboxylic acids is 1. The van der Waals surface area contributed by atoms with Crippen LogP contribution in [0.4, 0.5) is 0 Å². The molecule has 0 aliphatic carbocycles. The molecule has 1 aromatic carbocycles. The number of methoxy groups -OCH3 is 1. The lowest BCUT2D eigenvalue weighted by Crippen LogP contribution is -2.48. The van der Waals surface area contributed by atoms with Gasteiger partial charge in [-0.1, -0.05) is 0 Å². The maximum absolute atomic E-state index is 12.7. The molecule has 0 saturated carbocycles. The lowest BCUT2D eigenvalue weighted by molar-refractivity contribution is -0.922. The van der Waals surface area contributed by atoms with E-state index in [0.29, 0.717) is 28.2 Å². The molecule has 3 heterocycles. The molecule has 0 fully saturated rings. The normalized spacial score (nSPS) is 19.9. The van der Waals surface area contributed by atoms with Crippen LogP contribution in [0.5, 0.6) is 17.2 Å². The van der Waals surface area contributed by atoms with Gasteiger partial charge in [-0.15, -0.1) is 0 Å². The van der Waals surface area contributed by atoms with Gasteiger partial charge in [-0.25, -0.2) is 0 Å². The van der Waals surface area contributed by atoms with Crippen LogP contribution in [0.3, 0.4) is 0 Å². The first-order valence-corrected chi connectivity index (χ1v) is 9.06. The number of furan rings is 1. The summed E-state index contributed by atoms with van der Waals surface area (Å²) in [6.45, 7) is 1.14. The van der Waals surface area contributed by atoms with E-state index in [2.05, 4.69) is 14.1 Å². The molecule has 1 unspecified atom stereocenters. The number of likely N-dealkylation sites (N-methyl/N-ethyl adjacent to an activating group) is 1. The molecule has 2 aliphatic rings. The van der Waals surface area contributed by atoms with Crippen molar-refractivity contribution in [2.24, 2.45) is 0 Å². The lowest BCUT2D eigenvalue weighted by Gasteiger charge is -2.43. The first-order valence-electron chi connectivity index (χ1n) is 9.06. The van der Waals surface area contributed by atoms with Gasteiger partial charge in [-0.05, 0) is 35.9 Å². The molecule has 4 rings (SSSR count). The van der Waals surface area contributed by atoms with Gasteiger partial charge in [0.05, 0.1) is 46.0 Å². The highest BCUT2D eigenvalue weighted by molar-refractivity contribution is 5.93. The predicted molar refractivity (Wildman–Crippen MR) is 99.9 cm³/mol. The third kappa shape index (κ3) is 3.21. The largest absolute Gasteiger partial charge is 0.492 e. The molecule has 0 amide bonds. The predicted octanol–water partition coefficient (Wildman–Crippen LogP) is 3.36. The van der Waals surface area contributed by atoms with E-state index in [9.17, 15) is 4.79 Å². The number of allylic oxidation sites excluding steroid dienone is 1. The molecule has 1 atom stereocenters. The number of benzene rings is 1. The van der Waals surface area contributed by atoms with Gasteiger partial charge in [-0.3, -0.25) is 4.79 Å². The number of fused-ring (bicyclic) bond motifs is 2. The number of hydrogen-bond acceptors (Lipinski definition) is 5. The molecule has 27 heavy (non-hydrogen) atoms. The number of rotatable bonds is 5. The van der Waals surface area contributed by atoms with Crippen LogP contribution in [0, 0.1) is 0 Å². The van der Waals surface area contributed by atoms with Gasteiger partial charge < -0.3 is 23.1 Å². The Morgan fingerprint density at radius 3 is 2.96 bits per heavy atom. The van der Waals surface area contributed by atoms with E-state index < -0.39 is 0 Å². The number of hydrogen-bond donors (Lipinski definition) is 0. The number of ketones is 1. The highest BCUT2D eigenvalue weighted by Crippen LogP contribution is 2.51. The highest BCUT2D eigenvalue weighted by Gasteiger charge is 2.41. The lowest BCUT2D eigenvalue weighted by atomic mass is 9.86. The van der Waals surface area contributed by atoms with Gasteiger partial charge in [0.15, 0.2) is 17.3 Å². The third-order valence-electron chi connectivity index (χ3n) is 5.45. The van der Waals surface area contributed by atoms with Crippen molar-refractivity contribution in [1.29, 1.82) is 0 Å². The summed E-state index contributed by atoms with van der Waals surface area (Å²) in [5, 5.41) is 0. The Morgan fingerprint density at radius 1 is 1.37 bits per heavy atom. The van der Waals surface area contributed by atoms with Crippen LogP contribution in [-0.2, 0) is 11.2 Å². The summed E-state index contributed by atoms with van der Waals surface area (Å²) in [5.41, 5.74) is 2.22. The summed E-state index contributed by atoms with van der Waals surface area (Å²) in [6.07, 6.45) is 6.18. The summed E-state index contributed by atoms with van der Waals surface area (Å²) in [7, 11) is 5.95. The van der Waals surface area contributed by atoms with Crippen molar-refractivity contribution in [2.45, 2.75) is 18.9 Å². The Hall–Kier alpha value is -2.73. The maximum atomic E-state index is 12.7. The van der Waals surface area contributed by atoms with E-state index >= 15 is 0 Å². The van der Waals surface area contributed by atoms with Gasteiger partial charge in [0.2, 0.25) is 12.5 Å². The molecule has 0 saturated heterocycles. The molecule has 6 nitrogen and oxygen atoms in total. The fourth-order valence-corrected chi connectivity index (χ4v) is 3.94. The maximum Gasteiger partial charge on any atom is 0.231 e. The summed E-state index contributed by atoms with van der Waals surface area (Å²) >= 11 is 0. The quantitative estimate of drug-likeness (QED) is 0.597. The fourth-order valence-electron chi connectivity index (χ4n) is 3.94. The Balaban J connectivity index is 1.69. The molecule has 142 valence electrons. The Labute approximate surface area is 158 Å². The SMILES string of the molecule is COc1c2c(cc3c1C(CC(=O)/C=C/c1ccco1)[N+](C)(C)CC3)OCO2. The first-order chi connectivity index (χ1) is 13.0. The van der Waals surface area contributed by atoms with E-state index in [-0.39, 0.29) is 18.6 Å². The molecule has 0 bridgehead atoms. The molecule has 0 radical (unpaired) electrons. The minimum atomic E-state index is -0.0213. The second kappa shape index (κ2) is 6.78. The van der Waals surface area contributed by atoms with Crippen LogP contribution in [0.1, 0.15) is 29.3 Å². The Bertz CT molecular complexity index is 882. The zero-order valence-corrected chi connectivity index (χ0v) is 15.9. The number of ether oxygens (including phenoxy) is 3. The van der Waals surface area contributed by atoms with E-state index in [1.807, 2.05) is 12.1 Å². The van der Waals surface area contributed by atoms with Crippen LogP contribution >= 0.6 is 0 Å². The van der Waals surface area contributed by atoms with Crippen molar-refractivity contribution < 1.29 is 27.9 Å². The average Bonchev–Trinajstić information content (AvgIpc) is 3.32. The number of quaternary nitrogens is 1. The molecule has 1 aromatic heterocycles. The second-order valence-electron chi connectivity index (χ2n) is 7.50. The summed E-state index contributed by atoms with van der Waals surface area (Å²) in [4.78, 5) is 12.7. The van der Waals surface area contributed by atoms with Gasteiger partial charge in [-0.2, -0.15) is 0 Å². The molecule has 0 spiro atoms. The van der Waals surface area contributed by atoms with E-state index in [0.717, 1.165) is 24.3 Å². The Kier molecular flexibility index (Phi) is 4.44. The zero-order valence-electron chi connectivity index (χ0n) is 15.9. The molecule has 6 heteroatoms. The molecule has 2 aliphatic heterocycles.